The molecule has 2 heterocycles. The lowest BCUT2D eigenvalue weighted by Crippen LogP contribution is -2.02. The summed E-state index contributed by atoms with van der Waals surface area (Å²) < 4.78 is 5.39. The van der Waals surface area contributed by atoms with Crippen LogP contribution in [-0.2, 0) is 0 Å². The molecule has 8 nitrogen and oxygen atoms in total. The Kier molecular flexibility index (Phi) is 7.46. The predicted octanol–water partition coefficient (Wildman–Crippen LogP) is 5.48. The third kappa shape index (κ3) is 5.56. The van der Waals surface area contributed by atoms with E-state index in [1.54, 1.807) is 36.5 Å². The van der Waals surface area contributed by atoms with Crippen LogP contribution in [0.15, 0.2) is 48.7 Å². The van der Waals surface area contributed by atoms with E-state index >= 15 is 0 Å². The van der Waals surface area contributed by atoms with Gasteiger partial charge in [0, 0.05) is 24.0 Å². The van der Waals surface area contributed by atoms with E-state index in [2.05, 4.69) is 15.6 Å². The molecule has 0 aliphatic heterocycles. The Hall–Kier alpha value is -3.40. The van der Waals surface area contributed by atoms with Gasteiger partial charge in [-0.2, -0.15) is 0 Å². The summed E-state index contributed by atoms with van der Waals surface area (Å²) in [6.07, 6.45) is 1.68. The predicted molar refractivity (Wildman–Crippen MR) is 136 cm³/mol. The lowest BCUT2D eigenvalue weighted by Gasteiger charge is -2.10. The number of aromatic nitrogens is 3. The maximum Gasteiger partial charge on any atom is 0.227 e. The van der Waals surface area contributed by atoms with Crippen LogP contribution in [0.1, 0.15) is 12.5 Å². The zero-order chi connectivity index (χ0) is 24.1. The Morgan fingerprint density at radius 1 is 1.12 bits per heavy atom. The number of thiazole rings is 1. The number of nitrogens with one attached hydrogen (secondary N) is 2. The van der Waals surface area contributed by atoms with Gasteiger partial charge in [-0.25, -0.2) is 15.0 Å². The third-order valence-corrected chi connectivity index (χ3v) is 6.05. The summed E-state index contributed by atoms with van der Waals surface area (Å²) in [5.41, 5.74) is 3.88. The molecule has 176 valence electrons. The number of halogens is 1. The fourth-order valence-electron chi connectivity index (χ4n) is 3.34. The van der Waals surface area contributed by atoms with Crippen molar-refractivity contribution in [2.45, 2.75) is 13.8 Å². The van der Waals surface area contributed by atoms with Crippen LogP contribution in [0.5, 0.6) is 11.5 Å². The first-order valence-electron chi connectivity index (χ1n) is 10.7. The summed E-state index contributed by atoms with van der Waals surface area (Å²) in [6, 6.07) is 12.4. The number of aryl methyl sites for hydroxylation is 1. The zero-order valence-corrected chi connectivity index (χ0v) is 20.2. The second kappa shape index (κ2) is 10.7. The lowest BCUT2D eigenvalue weighted by molar-refractivity contribution is 0.201. The molecule has 4 N–H and O–H groups in total. The van der Waals surface area contributed by atoms with Gasteiger partial charge in [-0.1, -0.05) is 22.9 Å². The van der Waals surface area contributed by atoms with Crippen molar-refractivity contribution in [3.63, 3.8) is 0 Å². The van der Waals surface area contributed by atoms with Gasteiger partial charge >= 0.3 is 0 Å². The van der Waals surface area contributed by atoms with Gasteiger partial charge in [0.15, 0.2) is 5.13 Å². The number of anilines is 3. The quantitative estimate of drug-likeness (QED) is 0.240. The van der Waals surface area contributed by atoms with Crippen molar-refractivity contribution in [3.05, 3.63) is 59.2 Å². The molecule has 0 fully saturated rings. The molecule has 0 saturated heterocycles. The Bertz CT molecular complexity index is 1280. The molecule has 34 heavy (non-hydrogen) atoms. The van der Waals surface area contributed by atoms with Gasteiger partial charge < -0.3 is 25.6 Å². The largest absolute Gasteiger partial charge is 0.508 e. The molecule has 0 spiro atoms. The van der Waals surface area contributed by atoms with E-state index in [0.29, 0.717) is 28.1 Å². The minimum absolute atomic E-state index is 0.0891. The average Bonchev–Trinajstić information content (AvgIpc) is 3.22. The second-order valence-corrected chi connectivity index (χ2v) is 8.80. The molecule has 10 heteroatoms. The molecule has 4 aromatic rings. The maximum atomic E-state index is 10.1. The highest BCUT2D eigenvalue weighted by atomic mass is 35.5. The Morgan fingerprint density at radius 2 is 1.97 bits per heavy atom. The summed E-state index contributed by atoms with van der Waals surface area (Å²) in [5, 5.41) is 26.6. The highest BCUT2D eigenvalue weighted by Crippen LogP contribution is 2.39. The fourth-order valence-corrected chi connectivity index (χ4v) is 4.60. The zero-order valence-electron chi connectivity index (χ0n) is 18.7. The van der Waals surface area contributed by atoms with Gasteiger partial charge in [0.1, 0.15) is 18.1 Å². The fraction of sp³-hybridized carbons (Fsp3) is 0.208. The number of aliphatic hydroxyl groups is 1. The van der Waals surface area contributed by atoms with Crippen molar-refractivity contribution in [1.29, 1.82) is 0 Å². The van der Waals surface area contributed by atoms with Crippen molar-refractivity contribution in [2.24, 2.45) is 0 Å². The van der Waals surface area contributed by atoms with E-state index in [-0.39, 0.29) is 19.0 Å². The van der Waals surface area contributed by atoms with Gasteiger partial charge in [-0.05, 0) is 61.9 Å². The van der Waals surface area contributed by atoms with Crippen molar-refractivity contribution < 1.29 is 14.9 Å². The van der Waals surface area contributed by atoms with Crippen LogP contribution < -0.4 is 15.4 Å². The molecule has 0 amide bonds. The van der Waals surface area contributed by atoms with Crippen LogP contribution in [-0.4, -0.2) is 44.9 Å². The molecule has 0 unspecified atom stereocenters. The van der Waals surface area contributed by atoms with Crippen LogP contribution in [0.3, 0.4) is 0 Å². The average molecular weight is 498 g/mol. The molecule has 0 bridgehead atoms. The maximum absolute atomic E-state index is 10.1. The number of phenolic OH excluding ortho intramolecular Hbond substituents is 1. The lowest BCUT2D eigenvalue weighted by atomic mass is 10.1. The van der Waals surface area contributed by atoms with Crippen molar-refractivity contribution >= 4 is 39.7 Å². The van der Waals surface area contributed by atoms with Crippen LogP contribution in [0.4, 0.5) is 16.8 Å². The van der Waals surface area contributed by atoms with Gasteiger partial charge in [0.2, 0.25) is 5.95 Å². The molecule has 0 aliphatic carbocycles. The first kappa shape index (κ1) is 23.7. The number of ether oxygens (including phenoxy) is 1. The van der Waals surface area contributed by atoms with Gasteiger partial charge in [-0.15, -0.1) is 0 Å². The number of rotatable bonds is 9. The van der Waals surface area contributed by atoms with Gasteiger partial charge in [0.05, 0.1) is 27.9 Å². The molecule has 2 aromatic carbocycles. The van der Waals surface area contributed by atoms with Crippen molar-refractivity contribution in [3.8, 4) is 33.3 Å². The van der Waals surface area contributed by atoms with E-state index in [1.165, 1.54) is 11.3 Å². The van der Waals surface area contributed by atoms with Gasteiger partial charge in [0.25, 0.3) is 0 Å². The third-order valence-electron chi connectivity index (χ3n) is 4.72. The number of phenols is 1. The molecule has 4 rings (SSSR count). The molecular weight excluding hydrogens is 474 g/mol. The first-order chi connectivity index (χ1) is 16.5. The van der Waals surface area contributed by atoms with Crippen LogP contribution in [0.2, 0.25) is 5.02 Å². The highest BCUT2D eigenvalue weighted by Gasteiger charge is 2.18. The van der Waals surface area contributed by atoms with E-state index in [4.69, 9.17) is 31.4 Å². The monoisotopic (exact) mass is 497 g/mol. The number of hydrogen-bond acceptors (Lipinski definition) is 9. The summed E-state index contributed by atoms with van der Waals surface area (Å²) in [4.78, 5) is 14.6. The minimum atomic E-state index is -0.0891. The summed E-state index contributed by atoms with van der Waals surface area (Å²) in [7, 11) is 0. The second-order valence-electron chi connectivity index (χ2n) is 7.39. The van der Waals surface area contributed by atoms with Crippen molar-refractivity contribution in [1.82, 2.24) is 15.0 Å². The van der Waals surface area contributed by atoms with Gasteiger partial charge in [-0.3, -0.25) is 0 Å². The van der Waals surface area contributed by atoms with E-state index in [9.17, 15) is 5.11 Å². The normalized spacial score (nSPS) is 10.8. The molecular formula is C24H24ClN5O3S. The van der Waals surface area contributed by atoms with Crippen LogP contribution in [0.25, 0.3) is 21.8 Å². The summed E-state index contributed by atoms with van der Waals surface area (Å²) in [6.45, 7) is 4.76. The number of aliphatic hydroxyl groups excluding tert-OH is 1. The highest BCUT2D eigenvalue weighted by molar-refractivity contribution is 7.19. The molecule has 0 atom stereocenters. The van der Waals surface area contributed by atoms with Crippen molar-refractivity contribution in [2.75, 3.05) is 30.4 Å². The number of benzene rings is 2. The topological polar surface area (TPSA) is 112 Å². The Balaban J connectivity index is 1.67. The Labute approximate surface area is 206 Å². The smallest absolute Gasteiger partial charge is 0.227 e. The van der Waals surface area contributed by atoms with E-state index in [0.717, 1.165) is 33.4 Å². The molecule has 2 aromatic heterocycles. The number of hydrogen-bond donors (Lipinski definition) is 4. The minimum Gasteiger partial charge on any atom is -0.508 e. The van der Waals surface area contributed by atoms with E-state index in [1.807, 2.05) is 26.0 Å². The molecule has 0 aliphatic rings. The number of nitrogens with zero attached hydrogens (tertiary/aromatic N) is 3. The summed E-state index contributed by atoms with van der Waals surface area (Å²) in [5.74, 6) is 1.07. The molecule has 0 saturated carbocycles. The first-order valence-corrected chi connectivity index (χ1v) is 11.9. The Morgan fingerprint density at radius 3 is 2.71 bits per heavy atom. The van der Waals surface area contributed by atoms with E-state index < -0.39 is 0 Å². The number of aromatic hydroxyl groups is 1. The van der Waals surface area contributed by atoms with Crippen LogP contribution in [0, 0.1) is 6.92 Å². The SMILES string of the molecule is CCNc1nc(-c2cc(C)cc(O)c2)c(-c2ccnc(Nc3ccc(OCCO)c(Cl)c3)n2)s1. The molecule has 0 radical (unpaired) electrons. The standard InChI is InChI=1S/C24H24ClN5O3S/c1-3-26-24-30-21(15-10-14(2)11-17(32)12-15)22(34-24)19-6-7-27-23(29-19)28-16-4-5-20(18(25)13-16)33-9-8-31/h4-7,10-13,31-32H,3,8-9H2,1-2H3,(H,26,30)(H,27,28,29). The van der Waals surface area contributed by atoms with Crippen LogP contribution >= 0.6 is 22.9 Å². The summed E-state index contributed by atoms with van der Waals surface area (Å²) >= 11 is 7.77.